The second-order valence-corrected chi connectivity index (χ2v) is 11.3. The molecular weight excluding hydrogens is 519 g/mol. The number of aromatic nitrogens is 3. The number of methoxy groups -OCH3 is 1. The van der Waals surface area contributed by atoms with Crippen molar-refractivity contribution in [2.45, 2.75) is 31.2 Å². The Morgan fingerprint density at radius 1 is 1.05 bits per heavy atom. The average Bonchev–Trinajstić information content (AvgIpc) is 3.33. The molecule has 0 amide bonds. The minimum Gasteiger partial charge on any atom is -0.365 e. The second kappa shape index (κ2) is 10.5. The van der Waals surface area contributed by atoms with Crippen molar-refractivity contribution in [2.24, 2.45) is 0 Å². The number of benzene rings is 2. The highest BCUT2D eigenvalue weighted by Crippen LogP contribution is 2.37. The number of sulfonamides is 1. The molecule has 4 rings (SSSR count). The summed E-state index contributed by atoms with van der Waals surface area (Å²) in [7, 11) is -3.55. The van der Waals surface area contributed by atoms with Crippen LogP contribution in [0.2, 0.25) is 0 Å². The molecule has 0 spiro atoms. The number of hydrogen-bond acceptors (Lipinski definition) is 6. The van der Waals surface area contributed by atoms with Crippen LogP contribution in [0.15, 0.2) is 65.8 Å². The molecule has 0 atom stereocenters. The fourth-order valence-corrected chi connectivity index (χ4v) is 5.30. The van der Waals surface area contributed by atoms with E-state index in [1.807, 2.05) is 20.8 Å². The van der Waals surface area contributed by atoms with E-state index in [0.717, 1.165) is 6.07 Å². The van der Waals surface area contributed by atoms with Gasteiger partial charge in [-0.15, -0.1) is 0 Å². The number of anilines is 2. The molecule has 0 unspecified atom stereocenters. The zero-order valence-electron chi connectivity index (χ0n) is 21.1. The van der Waals surface area contributed by atoms with E-state index in [9.17, 15) is 17.2 Å². The van der Waals surface area contributed by atoms with Crippen LogP contribution in [-0.4, -0.2) is 43.0 Å². The summed E-state index contributed by atoms with van der Waals surface area (Å²) in [5.74, 6) is -2.47. The van der Waals surface area contributed by atoms with Crippen molar-refractivity contribution in [2.75, 3.05) is 23.5 Å². The minimum absolute atomic E-state index is 0.00756. The quantitative estimate of drug-likeness (QED) is 0.281. The molecule has 0 aliphatic rings. The van der Waals surface area contributed by atoms with Crippen molar-refractivity contribution in [1.82, 2.24) is 15.2 Å². The summed E-state index contributed by atoms with van der Waals surface area (Å²) < 4.78 is 76.5. The first-order valence-corrected chi connectivity index (χ1v) is 12.9. The van der Waals surface area contributed by atoms with E-state index in [-0.39, 0.29) is 16.8 Å². The van der Waals surface area contributed by atoms with Crippen LogP contribution in [0.5, 0.6) is 0 Å². The van der Waals surface area contributed by atoms with Gasteiger partial charge in [-0.3, -0.25) is 5.10 Å². The molecule has 0 bridgehead atoms. The number of aromatic amines is 1. The Morgan fingerprint density at radius 2 is 1.82 bits per heavy atom. The molecule has 2 N–H and O–H groups in total. The van der Waals surface area contributed by atoms with Gasteiger partial charge in [0.1, 0.15) is 29.1 Å². The van der Waals surface area contributed by atoms with Gasteiger partial charge < -0.3 is 10.1 Å². The molecular formula is C26H26F3N5O3S. The lowest BCUT2D eigenvalue weighted by Crippen LogP contribution is -2.34. The van der Waals surface area contributed by atoms with Crippen LogP contribution in [0.25, 0.3) is 22.4 Å². The summed E-state index contributed by atoms with van der Waals surface area (Å²) in [6, 6.07) is 9.64. The Morgan fingerprint density at radius 3 is 2.53 bits per heavy atom. The summed E-state index contributed by atoms with van der Waals surface area (Å²) in [6.07, 6.45) is 3.12. The van der Waals surface area contributed by atoms with Crippen molar-refractivity contribution < 1.29 is 26.3 Å². The number of hydrogen-bond donors (Lipinski definition) is 2. The molecule has 0 aliphatic carbocycles. The third-order valence-electron chi connectivity index (χ3n) is 5.44. The van der Waals surface area contributed by atoms with E-state index in [1.165, 1.54) is 31.5 Å². The van der Waals surface area contributed by atoms with E-state index in [0.29, 0.717) is 33.4 Å². The number of pyridine rings is 1. The zero-order chi connectivity index (χ0) is 27.7. The topological polar surface area (TPSA) is 100 Å². The average molecular weight is 546 g/mol. The molecule has 0 fully saturated rings. The van der Waals surface area contributed by atoms with Gasteiger partial charge in [-0.05, 0) is 68.8 Å². The van der Waals surface area contributed by atoms with Crippen molar-refractivity contribution in [3.05, 3.63) is 78.4 Å². The molecule has 200 valence electrons. The van der Waals surface area contributed by atoms with Gasteiger partial charge in [-0.2, -0.15) is 5.10 Å². The van der Waals surface area contributed by atoms with Crippen LogP contribution in [0.3, 0.4) is 0 Å². The lowest BCUT2D eigenvalue weighted by atomic mass is 10.0. The van der Waals surface area contributed by atoms with Gasteiger partial charge in [0.2, 0.25) is 0 Å². The SMILES string of the molecule is COCN(c1cccc(-c2[nH]ncc2-c2ccnc(NC(C)(C)C)c2)c1F)S(=O)(=O)c1cc(F)ccc1F. The maximum absolute atomic E-state index is 16.0. The van der Waals surface area contributed by atoms with Crippen LogP contribution in [0.1, 0.15) is 20.8 Å². The monoisotopic (exact) mass is 545 g/mol. The molecule has 0 radical (unpaired) electrons. The first kappa shape index (κ1) is 27.1. The Balaban J connectivity index is 1.81. The van der Waals surface area contributed by atoms with Crippen molar-refractivity contribution >= 4 is 21.5 Å². The molecule has 38 heavy (non-hydrogen) atoms. The van der Waals surface area contributed by atoms with Crippen molar-refractivity contribution in [3.8, 4) is 22.4 Å². The van der Waals surface area contributed by atoms with E-state index < -0.39 is 44.8 Å². The van der Waals surface area contributed by atoms with Crippen molar-refractivity contribution in [1.29, 1.82) is 0 Å². The minimum atomic E-state index is -4.75. The third kappa shape index (κ3) is 5.50. The normalized spacial score (nSPS) is 12.0. The van der Waals surface area contributed by atoms with E-state index in [1.54, 1.807) is 18.3 Å². The van der Waals surface area contributed by atoms with Crippen LogP contribution >= 0.6 is 0 Å². The van der Waals surface area contributed by atoms with Gasteiger partial charge >= 0.3 is 0 Å². The number of rotatable bonds is 8. The fourth-order valence-electron chi connectivity index (χ4n) is 3.85. The summed E-state index contributed by atoms with van der Waals surface area (Å²) >= 11 is 0. The third-order valence-corrected chi connectivity index (χ3v) is 7.19. The number of nitrogens with one attached hydrogen (secondary N) is 2. The number of H-pyrrole nitrogens is 1. The number of ether oxygens (including phenoxy) is 1. The standard InChI is InChI=1S/C26H26F3N5O3S/c1-26(2,3)32-23-12-16(10-11-30-23)19-14-31-33-25(19)18-6-5-7-21(24(18)29)34(15-37-4)38(35,36)22-13-17(27)8-9-20(22)28/h5-14H,15H2,1-4H3,(H,30,32)(H,31,33). The van der Waals surface area contributed by atoms with Crippen LogP contribution in [-0.2, 0) is 14.8 Å². The molecule has 0 aliphatic heterocycles. The first-order valence-electron chi connectivity index (χ1n) is 11.5. The maximum Gasteiger partial charge on any atom is 0.269 e. The Labute approximate surface area is 218 Å². The van der Waals surface area contributed by atoms with Gasteiger partial charge in [0.05, 0.1) is 17.6 Å². The highest BCUT2D eigenvalue weighted by Gasteiger charge is 2.31. The van der Waals surface area contributed by atoms with Gasteiger partial charge in [0.25, 0.3) is 10.0 Å². The van der Waals surface area contributed by atoms with E-state index in [2.05, 4.69) is 20.5 Å². The predicted octanol–water partition coefficient (Wildman–Crippen LogP) is 5.57. The second-order valence-electron chi connectivity index (χ2n) is 9.45. The molecule has 0 saturated heterocycles. The molecule has 8 nitrogen and oxygen atoms in total. The molecule has 0 saturated carbocycles. The zero-order valence-corrected chi connectivity index (χ0v) is 21.9. The molecule has 2 heterocycles. The molecule has 2 aromatic carbocycles. The summed E-state index contributed by atoms with van der Waals surface area (Å²) in [5, 5.41) is 10.1. The fraction of sp³-hybridized carbons (Fsp3) is 0.231. The van der Waals surface area contributed by atoms with Crippen LogP contribution in [0.4, 0.5) is 24.7 Å². The summed E-state index contributed by atoms with van der Waals surface area (Å²) in [4.78, 5) is 3.37. The molecule has 12 heteroatoms. The van der Waals surface area contributed by atoms with Gasteiger partial charge in [0.15, 0.2) is 5.82 Å². The van der Waals surface area contributed by atoms with E-state index >= 15 is 4.39 Å². The Kier molecular flexibility index (Phi) is 7.47. The number of nitrogens with zero attached hydrogens (tertiary/aromatic N) is 3. The largest absolute Gasteiger partial charge is 0.365 e. The maximum atomic E-state index is 16.0. The van der Waals surface area contributed by atoms with Crippen molar-refractivity contribution in [3.63, 3.8) is 0 Å². The number of halogens is 3. The van der Waals surface area contributed by atoms with Gasteiger partial charge in [-0.25, -0.2) is 30.9 Å². The van der Waals surface area contributed by atoms with Crippen LogP contribution < -0.4 is 9.62 Å². The molecule has 4 aromatic rings. The lowest BCUT2D eigenvalue weighted by molar-refractivity contribution is 0.209. The highest BCUT2D eigenvalue weighted by molar-refractivity contribution is 7.92. The summed E-state index contributed by atoms with van der Waals surface area (Å²) in [6.45, 7) is 5.31. The Bertz CT molecular complexity index is 1570. The lowest BCUT2D eigenvalue weighted by Gasteiger charge is -2.25. The van der Waals surface area contributed by atoms with Crippen LogP contribution in [0, 0.1) is 17.5 Å². The Hall–Kier alpha value is -3.90. The molecule has 2 aromatic heterocycles. The van der Waals surface area contributed by atoms with E-state index in [4.69, 9.17) is 4.74 Å². The highest BCUT2D eigenvalue weighted by atomic mass is 32.2. The predicted molar refractivity (Wildman–Crippen MR) is 138 cm³/mol. The summed E-state index contributed by atoms with van der Waals surface area (Å²) in [5.41, 5.74) is 0.847. The smallest absolute Gasteiger partial charge is 0.269 e. The first-order chi connectivity index (χ1) is 17.9. The van der Waals surface area contributed by atoms with Gasteiger partial charge in [-0.1, -0.05) is 6.07 Å². The van der Waals surface area contributed by atoms with Gasteiger partial charge in [0, 0.05) is 30.0 Å².